The number of halogens is 1. The second-order valence-electron chi connectivity index (χ2n) is 4.68. The average molecular weight is 302 g/mol. The Kier molecular flexibility index (Phi) is 9.35. The molecule has 1 aliphatic heterocycles. The third kappa shape index (κ3) is 7.21. The Morgan fingerprint density at radius 3 is 2.47 bits per heavy atom. The lowest BCUT2D eigenvalue weighted by Gasteiger charge is -2.26. The Balaban J connectivity index is 0.00000180. The summed E-state index contributed by atoms with van der Waals surface area (Å²) in [6.45, 7) is 5.38. The van der Waals surface area contributed by atoms with E-state index in [1.807, 2.05) is 11.8 Å². The lowest BCUT2D eigenvalue weighted by atomic mass is 10.1. The number of hydrogen-bond donors (Lipinski definition) is 0. The molecule has 1 aromatic rings. The number of benzene rings is 1. The van der Waals surface area contributed by atoms with Crippen LogP contribution in [0.1, 0.15) is 19.3 Å². The van der Waals surface area contributed by atoms with Gasteiger partial charge in [0.25, 0.3) is 0 Å². The Bertz CT molecular complexity index is 317. The maximum Gasteiger partial charge on any atom is 0.0593 e. The van der Waals surface area contributed by atoms with Crippen molar-refractivity contribution in [1.29, 1.82) is 0 Å². The summed E-state index contributed by atoms with van der Waals surface area (Å²) < 4.78 is 5.70. The van der Waals surface area contributed by atoms with Crippen molar-refractivity contribution >= 4 is 24.2 Å². The average Bonchev–Trinajstić information content (AvgIpc) is 2.45. The van der Waals surface area contributed by atoms with Crippen LogP contribution < -0.4 is 0 Å². The second-order valence-corrected chi connectivity index (χ2v) is 5.84. The summed E-state index contributed by atoms with van der Waals surface area (Å²) in [5.41, 5.74) is 0. The fourth-order valence-electron chi connectivity index (χ4n) is 2.21. The summed E-state index contributed by atoms with van der Waals surface area (Å²) in [7, 11) is 0. The first-order valence-corrected chi connectivity index (χ1v) is 7.92. The van der Waals surface area contributed by atoms with Gasteiger partial charge in [-0.2, -0.15) is 0 Å². The molecule has 0 aromatic heterocycles. The molecule has 0 amide bonds. The van der Waals surface area contributed by atoms with E-state index in [0.29, 0.717) is 0 Å². The van der Waals surface area contributed by atoms with Crippen LogP contribution in [0.5, 0.6) is 0 Å². The van der Waals surface area contributed by atoms with E-state index < -0.39 is 0 Å². The molecule has 0 unspecified atom stereocenters. The number of piperidine rings is 1. The largest absolute Gasteiger partial charge is 0.379 e. The molecule has 1 aromatic carbocycles. The highest BCUT2D eigenvalue weighted by Crippen LogP contribution is 2.16. The summed E-state index contributed by atoms with van der Waals surface area (Å²) in [5.74, 6) is 1.05. The third-order valence-corrected chi connectivity index (χ3v) is 4.22. The molecular weight excluding hydrogens is 278 g/mol. The van der Waals surface area contributed by atoms with Gasteiger partial charge in [-0.1, -0.05) is 24.6 Å². The minimum atomic E-state index is 0. The van der Waals surface area contributed by atoms with Gasteiger partial charge in [-0.25, -0.2) is 0 Å². The second kappa shape index (κ2) is 10.6. The number of likely N-dealkylation sites (tertiary alicyclic amines) is 1. The van der Waals surface area contributed by atoms with Crippen LogP contribution in [0.3, 0.4) is 0 Å². The van der Waals surface area contributed by atoms with E-state index in [1.165, 1.54) is 37.2 Å². The van der Waals surface area contributed by atoms with Gasteiger partial charge in [0, 0.05) is 17.2 Å². The van der Waals surface area contributed by atoms with Gasteiger partial charge in [0.05, 0.1) is 13.2 Å². The predicted octanol–water partition coefficient (Wildman–Crippen LogP) is 3.70. The van der Waals surface area contributed by atoms with Gasteiger partial charge in [-0.3, -0.25) is 0 Å². The first-order chi connectivity index (χ1) is 8.95. The topological polar surface area (TPSA) is 12.5 Å². The van der Waals surface area contributed by atoms with Crippen molar-refractivity contribution in [3.63, 3.8) is 0 Å². The van der Waals surface area contributed by atoms with Crippen molar-refractivity contribution in [3.8, 4) is 0 Å². The van der Waals surface area contributed by atoms with Crippen molar-refractivity contribution in [1.82, 2.24) is 4.90 Å². The fourth-order valence-corrected chi connectivity index (χ4v) is 3.00. The third-order valence-electron chi connectivity index (χ3n) is 3.24. The minimum absolute atomic E-state index is 0. The lowest BCUT2D eigenvalue weighted by molar-refractivity contribution is 0.107. The van der Waals surface area contributed by atoms with Crippen LogP contribution in [0.4, 0.5) is 0 Å². The Hall–Kier alpha value is -0.220. The molecule has 108 valence electrons. The van der Waals surface area contributed by atoms with Crippen LogP contribution in [0, 0.1) is 0 Å². The zero-order valence-electron chi connectivity index (χ0n) is 11.4. The number of nitrogens with zero attached hydrogens (tertiary/aromatic N) is 1. The molecule has 4 heteroatoms. The molecule has 1 fully saturated rings. The van der Waals surface area contributed by atoms with Crippen LogP contribution in [0.2, 0.25) is 0 Å². The minimum Gasteiger partial charge on any atom is -0.379 e. The number of hydrogen-bond acceptors (Lipinski definition) is 3. The van der Waals surface area contributed by atoms with Gasteiger partial charge in [-0.15, -0.1) is 24.2 Å². The standard InChI is InChI=1S/C15H23NOS.ClH/c1-3-7-15(8-4-1)18-14-13-17-12-11-16-9-5-2-6-10-16;/h1,3-4,7-8H,2,5-6,9-14H2;1H. The van der Waals surface area contributed by atoms with Gasteiger partial charge in [0.1, 0.15) is 0 Å². The Morgan fingerprint density at radius 2 is 1.74 bits per heavy atom. The van der Waals surface area contributed by atoms with Gasteiger partial charge < -0.3 is 9.64 Å². The first kappa shape index (κ1) is 16.8. The van der Waals surface area contributed by atoms with E-state index >= 15 is 0 Å². The van der Waals surface area contributed by atoms with Crippen molar-refractivity contribution in [2.45, 2.75) is 24.2 Å². The van der Waals surface area contributed by atoms with Gasteiger partial charge in [0.2, 0.25) is 0 Å². The maximum atomic E-state index is 5.70. The van der Waals surface area contributed by atoms with Gasteiger partial charge in [0.15, 0.2) is 0 Å². The van der Waals surface area contributed by atoms with Crippen LogP contribution in [-0.4, -0.2) is 43.5 Å². The first-order valence-electron chi connectivity index (χ1n) is 6.93. The number of rotatable bonds is 7. The van der Waals surface area contributed by atoms with Gasteiger partial charge >= 0.3 is 0 Å². The Morgan fingerprint density at radius 1 is 1.00 bits per heavy atom. The predicted molar refractivity (Wildman–Crippen MR) is 85.5 cm³/mol. The molecule has 0 atom stereocenters. The smallest absolute Gasteiger partial charge is 0.0593 e. The van der Waals surface area contributed by atoms with E-state index in [9.17, 15) is 0 Å². The molecule has 0 bridgehead atoms. The van der Waals surface area contributed by atoms with Crippen molar-refractivity contribution in [2.75, 3.05) is 38.6 Å². The molecule has 0 N–H and O–H groups in total. The quantitative estimate of drug-likeness (QED) is 0.563. The maximum absolute atomic E-state index is 5.70. The molecular formula is C15H24ClNOS. The van der Waals surface area contributed by atoms with E-state index in [-0.39, 0.29) is 12.4 Å². The summed E-state index contributed by atoms with van der Waals surface area (Å²) >= 11 is 1.87. The van der Waals surface area contributed by atoms with Crippen molar-refractivity contribution < 1.29 is 4.74 Å². The van der Waals surface area contributed by atoms with E-state index in [0.717, 1.165) is 25.5 Å². The summed E-state index contributed by atoms with van der Waals surface area (Å²) in [6, 6.07) is 10.5. The molecule has 1 heterocycles. The lowest BCUT2D eigenvalue weighted by Crippen LogP contribution is -2.32. The van der Waals surface area contributed by atoms with E-state index in [1.54, 1.807) is 0 Å². The van der Waals surface area contributed by atoms with Crippen LogP contribution in [0.25, 0.3) is 0 Å². The Labute approximate surface area is 127 Å². The van der Waals surface area contributed by atoms with Crippen LogP contribution in [-0.2, 0) is 4.74 Å². The van der Waals surface area contributed by atoms with E-state index in [2.05, 4.69) is 35.2 Å². The molecule has 19 heavy (non-hydrogen) atoms. The number of ether oxygens (including phenoxy) is 1. The molecule has 1 saturated heterocycles. The monoisotopic (exact) mass is 301 g/mol. The van der Waals surface area contributed by atoms with Crippen LogP contribution in [0.15, 0.2) is 35.2 Å². The van der Waals surface area contributed by atoms with E-state index in [4.69, 9.17) is 4.74 Å². The summed E-state index contributed by atoms with van der Waals surface area (Å²) in [6.07, 6.45) is 4.14. The van der Waals surface area contributed by atoms with Gasteiger partial charge in [-0.05, 0) is 38.1 Å². The zero-order chi connectivity index (χ0) is 12.5. The normalized spacial score (nSPS) is 16.0. The molecule has 0 saturated carbocycles. The summed E-state index contributed by atoms with van der Waals surface area (Å²) in [5, 5.41) is 0. The molecule has 2 nitrogen and oxygen atoms in total. The number of thioether (sulfide) groups is 1. The molecule has 0 spiro atoms. The zero-order valence-corrected chi connectivity index (χ0v) is 13.1. The molecule has 0 aliphatic carbocycles. The van der Waals surface area contributed by atoms with Crippen molar-refractivity contribution in [2.24, 2.45) is 0 Å². The highest BCUT2D eigenvalue weighted by atomic mass is 35.5. The molecule has 1 aliphatic rings. The molecule has 2 rings (SSSR count). The molecule has 0 radical (unpaired) electrons. The highest BCUT2D eigenvalue weighted by Gasteiger charge is 2.08. The summed E-state index contributed by atoms with van der Waals surface area (Å²) in [4.78, 5) is 3.85. The fraction of sp³-hybridized carbons (Fsp3) is 0.600. The highest BCUT2D eigenvalue weighted by molar-refractivity contribution is 7.99. The SMILES string of the molecule is Cl.c1ccc(SCCOCCN2CCCCC2)cc1. The van der Waals surface area contributed by atoms with Crippen LogP contribution >= 0.6 is 24.2 Å². The van der Waals surface area contributed by atoms with Crippen molar-refractivity contribution in [3.05, 3.63) is 30.3 Å².